The van der Waals surface area contributed by atoms with E-state index in [0.29, 0.717) is 26.2 Å². The van der Waals surface area contributed by atoms with Gasteiger partial charge in [-0.3, -0.25) is 4.90 Å². The fourth-order valence-corrected chi connectivity index (χ4v) is 2.51. The topological polar surface area (TPSA) is 15.3 Å². The van der Waals surface area contributed by atoms with Crippen molar-refractivity contribution >= 4 is 11.6 Å². The molecule has 2 rings (SSSR count). The van der Waals surface area contributed by atoms with E-state index >= 15 is 0 Å². The summed E-state index contributed by atoms with van der Waals surface area (Å²) >= 11 is 5.67. The zero-order valence-corrected chi connectivity index (χ0v) is 10.7. The second-order valence-electron chi connectivity index (χ2n) is 4.32. The Labute approximate surface area is 113 Å². The van der Waals surface area contributed by atoms with Crippen LogP contribution in [0.4, 0.5) is 17.6 Å². The van der Waals surface area contributed by atoms with E-state index in [4.69, 9.17) is 11.6 Å². The van der Waals surface area contributed by atoms with Crippen LogP contribution in [0.1, 0.15) is 11.6 Å². The monoisotopic (exact) mass is 296 g/mol. The number of nitrogens with zero attached hydrogens (tertiary/aromatic N) is 1. The fraction of sp³-hybridized carbons (Fsp3) is 0.500. The molecule has 1 saturated heterocycles. The van der Waals surface area contributed by atoms with Gasteiger partial charge >= 0.3 is 0 Å². The van der Waals surface area contributed by atoms with Crippen molar-refractivity contribution in [2.75, 3.05) is 26.2 Å². The van der Waals surface area contributed by atoms with Crippen LogP contribution in [0.15, 0.2) is 12.1 Å². The molecule has 0 saturated carbocycles. The van der Waals surface area contributed by atoms with E-state index in [9.17, 15) is 17.6 Å². The van der Waals surface area contributed by atoms with Crippen molar-refractivity contribution in [1.82, 2.24) is 10.2 Å². The zero-order chi connectivity index (χ0) is 14.0. The van der Waals surface area contributed by atoms with Gasteiger partial charge in [-0.1, -0.05) is 11.6 Å². The maximum Gasteiger partial charge on any atom is 0.258 e. The highest BCUT2D eigenvalue weighted by Crippen LogP contribution is 2.35. The SMILES string of the molecule is Fc1ccc(F)c([C@@H](C(F)F)N2CCNCC2)c1Cl. The third-order valence-corrected chi connectivity index (χ3v) is 3.54. The summed E-state index contributed by atoms with van der Waals surface area (Å²) in [7, 11) is 0. The average Bonchev–Trinajstić information content (AvgIpc) is 2.39. The highest BCUT2D eigenvalue weighted by atomic mass is 35.5. The zero-order valence-electron chi connectivity index (χ0n) is 9.97. The molecule has 0 aliphatic carbocycles. The molecule has 1 aliphatic rings. The van der Waals surface area contributed by atoms with Crippen LogP contribution in [0.3, 0.4) is 0 Å². The minimum atomic E-state index is -2.84. The van der Waals surface area contributed by atoms with E-state index in [2.05, 4.69) is 5.32 Å². The molecule has 1 heterocycles. The Kier molecular flexibility index (Phi) is 4.65. The largest absolute Gasteiger partial charge is 0.314 e. The summed E-state index contributed by atoms with van der Waals surface area (Å²) < 4.78 is 53.6. The summed E-state index contributed by atoms with van der Waals surface area (Å²) in [6.45, 7) is 1.72. The lowest BCUT2D eigenvalue weighted by molar-refractivity contribution is 0.0163. The van der Waals surface area contributed by atoms with Crippen LogP contribution in [0.2, 0.25) is 5.02 Å². The molecule has 106 valence electrons. The Balaban J connectivity index is 2.41. The van der Waals surface area contributed by atoms with Crippen molar-refractivity contribution in [2.45, 2.75) is 12.5 Å². The molecule has 1 aliphatic heterocycles. The molecule has 19 heavy (non-hydrogen) atoms. The molecule has 1 N–H and O–H groups in total. The van der Waals surface area contributed by atoms with Crippen molar-refractivity contribution in [3.63, 3.8) is 0 Å². The van der Waals surface area contributed by atoms with Crippen LogP contribution in [-0.2, 0) is 0 Å². The predicted molar refractivity (Wildman–Crippen MR) is 64.6 cm³/mol. The second kappa shape index (κ2) is 6.07. The molecule has 0 aromatic heterocycles. The summed E-state index contributed by atoms with van der Waals surface area (Å²) in [5.41, 5.74) is -0.460. The number of nitrogens with one attached hydrogen (secondary N) is 1. The first kappa shape index (κ1) is 14.6. The van der Waals surface area contributed by atoms with Crippen molar-refractivity contribution < 1.29 is 17.6 Å². The minimum Gasteiger partial charge on any atom is -0.314 e. The lowest BCUT2D eigenvalue weighted by atomic mass is 10.0. The number of benzene rings is 1. The lowest BCUT2D eigenvalue weighted by Crippen LogP contribution is -2.47. The molecular weight excluding hydrogens is 284 g/mol. The smallest absolute Gasteiger partial charge is 0.258 e. The van der Waals surface area contributed by atoms with Crippen molar-refractivity contribution in [2.24, 2.45) is 0 Å². The number of rotatable bonds is 3. The van der Waals surface area contributed by atoms with Gasteiger partial charge in [0.1, 0.15) is 17.7 Å². The summed E-state index contributed by atoms with van der Waals surface area (Å²) in [6, 6.07) is 0.139. The van der Waals surface area contributed by atoms with Crippen molar-refractivity contribution in [1.29, 1.82) is 0 Å². The molecule has 0 amide bonds. The number of alkyl halides is 2. The van der Waals surface area contributed by atoms with Crippen molar-refractivity contribution in [3.05, 3.63) is 34.4 Å². The molecular formula is C12H13ClF4N2. The Morgan fingerprint density at radius 3 is 2.26 bits per heavy atom. The van der Waals surface area contributed by atoms with E-state index in [1.165, 1.54) is 4.90 Å². The number of hydrogen-bond acceptors (Lipinski definition) is 2. The predicted octanol–water partition coefficient (Wildman–Crippen LogP) is 2.83. The van der Waals surface area contributed by atoms with Crippen LogP contribution in [0, 0.1) is 11.6 Å². The minimum absolute atomic E-state index is 0.335. The molecule has 0 unspecified atom stereocenters. The van der Waals surface area contributed by atoms with Gasteiger partial charge in [0, 0.05) is 31.7 Å². The van der Waals surface area contributed by atoms with Gasteiger partial charge in [-0.15, -0.1) is 0 Å². The van der Waals surface area contributed by atoms with Crippen LogP contribution in [0.25, 0.3) is 0 Å². The molecule has 0 spiro atoms. The first-order valence-electron chi connectivity index (χ1n) is 5.88. The standard InChI is InChI=1S/C12H13ClF4N2/c13-10-8(15)2-1-7(14)9(10)11(12(16)17)19-5-3-18-4-6-19/h1-2,11-12,18H,3-6H2/t11-/m0/s1. The average molecular weight is 297 g/mol. The van der Waals surface area contributed by atoms with E-state index < -0.39 is 34.7 Å². The van der Waals surface area contributed by atoms with Crippen LogP contribution >= 0.6 is 11.6 Å². The number of piperazine rings is 1. The third kappa shape index (κ3) is 3.01. The van der Waals surface area contributed by atoms with Gasteiger partial charge in [0.2, 0.25) is 0 Å². The Bertz CT molecular complexity index is 450. The first-order valence-corrected chi connectivity index (χ1v) is 6.26. The maximum absolute atomic E-state index is 13.8. The molecule has 2 nitrogen and oxygen atoms in total. The Hall–Kier alpha value is -0.850. The molecule has 1 aromatic rings. The normalized spacial score (nSPS) is 18.8. The summed E-state index contributed by atoms with van der Waals surface area (Å²) in [6.07, 6.45) is -2.84. The summed E-state index contributed by atoms with van der Waals surface area (Å²) in [5.74, 6) is -1.80. The molecule has 1 fully saturated rings. The Morgan fingerprint density at radius 2 is 1.68 bits per heavy atom. The van der Waals surface area contributed by atoms with E-state index in [1.807, 2.05) is 0 Å². The number of halogens is 5. The molecule has 0 bridgehead atoms. The van der Waals surface area contributed by atoms with E-state index in [-0.39, 0.29) is 0 Å². The van der Waals surface area contributed by atoms with Gasteiger partial charge in [0.05, 0.1) is 5.02 Å². The quantitative estimate of drug-likeness (QED) is 0.681. The van der Waals surface area contributed by atoms with E-state index in [1.54, 1.807) is 0 Å². The molecule has 0 radical (unpaired) electrons. The van der Waals surface area contributed by atoms with Gasteiger partial charge in [0.25, 0.3) is 6.43 Å². The maximum atomic E-state index is 13.8. The molecule has 7 heteroatoms. The Morgan fingerprint density at radius 1 is 1.11 bits per heavy atom. The summed E-state index contributed by atoms with van der Waals surface area (Å²) in [4.78, 5) is 1.42. The highest BCUT2D eigenvalue weighted by Gasteiger charge is 2.34. The van der Waals surface area contributed by atoms with Crippen LogP contribution in [-0.4, -0.2) is 37.5 Å². The second-order valence-corrected chi connectivity index (χ2v) is 4.70. The van der Waals surface area contributed by atoms with Gasteiger partial charge in [0.15, 0.2) is 0 Å². The fourth-order valence-electron chi connectivity index (χ4n) is 2.24. The number of hydrogen-bond donors (Lipinski definition) is 1. The van der Waals surface area contributed by atoms with Gasteiger partial charge < -0.3 is 5.32 Å². The highest BCUT2D eigenvalue weighted by molar-refractivity contribution is 6.31. The lowest BCUT2D eigenvalue weighted by Gasteiger charge is -2.35. The van der Waals surface area contributed by atoms with Gasteiger partial charge in [-0.2, -0.15) is 0 Å². The third-order valence-electron chi connectivity index (χ3n) is 3.16. The first-order chi connectivity index (χ1) is 9.02. The van der Waals surface area contributed by atoms with Crippen LogP contribution < -0.4 is 5.32 Å². The summed E-state index contributed by atoms with van der Waals surface area (Å²) in [5, 5.41) is 2.45. The molecule has 1 aromatic carbocycles. The van der Waals surface area contributed by atoms with Crippen molar-refractivity contribution in [3.8, 4) is 0 Å². The van der Waals surface area contributed by atoms with E-state index in [0.717, 1.165) is 12.1 Å². The van der Waals surface area contributed by atoms with Crippen LogP contribution in [0.5, 0.6) is 0 Å². The van der Waals surface area contributed by atoms with Gasteiger partial charge in [-0.05, 0) is 12.1 Å². The van der Waals surface area contributed by atoms with Gasteiger partial charge in [-0.25, -0.2) is 17.6 Å². The molecule has 1 atom stereocenters.